The number of carboxylic acid groups (broad SMARTS) is 1. The van der Waals surface area contributed by atoms with Crippen molar-refractivity contribution in [2.24, 2.45) is 0 Å². The molecular formula is C4H3ClF2O2. The number of alkyl halides is 2. The van der Waals surface area contributed by atoms with Crippen LogP contribution in [0.25, 0.3) is 0 Å². The summed E-state index contributed by atoms with van der Waals surface area (Å²) in [5.41, 5.74) is 0. The largest absolute Gasteiger partial charge is 0.478 e. The minimum Gasteiger partial charge on any atom is -0.478 e. The SMILES string of the molecule is O=C(O)/C=C(/Cl)C(F)F. The van der Waals surface area contributed by atoms with Crippen LogP contribution in [0, 0.1) is 0 Å². The first-order valence-electron chi connectivity index (χ1n) is 1.92. The monoisotopic (exact) mass is 156 g/mol. The van der Waals surface area contributed by atoms with Crippen LogP contribution >= 0.6 is 11.6 Å². The third-order valence-electron chi connectivity index (χ3n) is 0.470. The van der Waals surface area contributed by atoms with Crippen molar-refractivity contribution in [3.05, 3.63) is 11.1 Å². The zero-order valence-corrected chi connectivity index (χ0v) is 4.90. The van der Waals surface area contributed by atoms with Gasteiger partial charge in [-0.25, -0.2) is 13.6 Å². The molecule has 0 radical (unpaired) electrons. The summed E-state index contributed by atoms with van der Waals surface area (Å²) in [5.74, 6) is -1.47. The van der Waals surface area contributed by atoms with Crippen LogP contribution in [0.4, 0.5) is 8.78 Å². The average molecular weight is 157 g/mol. The third kappa shape index (κ3) is 3.90. The van der Waals surface area contributed by atoms with E-state index in [0.717, 1.165) is 0 Å². The summed E-state index contributed by atoms with van der Waals surface area (Å²) in [6, 6.07) is 0. The van der Waals surface area contributed by atoms with Crippen LogP contribution in [-0.2, 0) is 4.79 Å². The molecule has 0 heterocycles. The number of halogens is 3. The van der Waals surface area contributed by atoms with E-state index in [-0.39, 0.29) is 6.08 Å². The highest BCUT2D eigenvalue weighted by Crippen LogP contribution is 2.11. The molecular weight excluding hydrogens is 153 g/mol. The van der Waals surface area contributed by atoms with Crippen molar-refractivity contribution in [1.82, 2.24) is 0 Å². The summed E-state index contributed by atoms with van der Waals surface area (Å²) in [4.78, 5) is 9.62. The maximum absolute atomic E-state index is 11.3. The topological polar surface area (TPSA) is 37.3 Å². The molecule has 0 aliphatic carbocycles. The first-order valence-corrected chi connectivity index (χ1v) is 2.30. The molecule has 0 bridgehead atoms. The van der Waals surface area contributed by atoms with Crippen molar-refractivity contribution in [2.45, 2.75) is 6.43 Å². The van der Waals surface area contributed by atoms with Gasteiger partial charge < -0.3 is 5.11 Å². The quantitative estimate of drug-likeness (QED) is 0.615. The minimum absolute atomic E-state index is 0.256. The molecule has 0 saturated carbocycles. The van der Waals surface area contributed by atoms with E-state index in [1.54, 1.807) is 0 Å². The molecule has 2 nitrogen and oxygen atoms in total. The van der Waals surface area contributed by atoms with E-state index in [0.29, 0.717) is 0 Å². The molecule has 0 atom stereocenters. The standard InChI is InChI=1S/C4H3ClF2O2/c5-2(4(6)7)1-3(8)9/h1,4H,(H,8,9)/b2-1+. The third-order valence-corrected chi connectivity index (χ3v) is 0.744. The summed E-state index contributed by atoms with van der Waals surface area (Å²) < 4.78 is 22.7. The highest BCUT2D eigenvalue weighted by Gasteiger charge is 2.08. The lowest BCUT2D eigenvalue weighted by Gasteiger charge is -1.90. The maximum Gasteiger partial charge on any atom is 0.329 e. The van der Waals surface area contributed by atoms with Crippen molar-refractivity contribution in [3.63, 3.8) is 0 Å². The molecule has 0 spiro atoms. The Labute approximate surface area is 54.7 Å². The van der Waals surface area contributed by atoms with Crippen LogP contribution in [0.15, 0.2) is 11.1 Å². The molecule has 0 unspecified atom stereocenters. The number of rotatable bonds is 2. The van der Waals surface area contributed by atoms with Gasteiger partial charge in [-0.3, -0.25) is 0 Å². The summed E-state index contributed by atoms with van der Waals surface area (Å²) in [7, 11) is 0. The predicted octanol–water partition coefficient (Wildman–Crippen LogP) is 1.46. The van der Waals surface area contributed by atoms with Gasteiger partial charge >= 0.3 is 5.97 Å². The molecule has 0 amide bonds. The number of allylic oxidation sites excluding steroid dienone is 1. The number of carbonyl (C=O) groups is 1. The molecule has 0 aromatic carbocycles. The molecule has 9 heavy (non-hydrogen) atoms. The first-order chi connectivity index (χ1) is 4.04. The number of hydrogen-bond acceptors (Lipinski definition) is 1. The molecule has 52 valence electrons. The van der Waals surface area contributed by atoms with Gasteiger partial charge in [-0.05, 0) is 0 Å². The van der Waals surface area contributed by atoms with Gasteiger partial charge in [0.2, 0.25) is 0 Å². The minimum atomic E-state index is -2.90. The van der Waals surface area contributed by atoms with Crippen LogP contribution in [0.3, 0.4) is 0 Å². The lowest BCUT2D eigenvalue weighted by atomic mass is 10.5. The molecule has 0 saturated heterocycles. The molecule has 0 fully saturated rings. The van der Waals surface area contributed by atoms with Crippen molar-refractivity contribution in [1.29, 1.82) is 0 Å². The van der Waals surface area contributed by atoms with Crippen LogP contribution in [0.2, 0.25) is 0 Å². The van der Waals surface area contributed by atoms with Gasteiger partial charge in [-0.15, -0.1) is 0 Å². The molecule has 1 N–H and O–H groups in total. The second-order valence-electron chi connectivity index (χ2n) is 1.17. The van der Waals surface area contributed by atoms with Crippen LogP contribution < -0.4 is 0 Å². The van der Waals surface area contributed by atoms with E-state index in [1.165, 1.54) is 0 Å². The number of carboxylic acids is 1. The Morgan fingerprint density at radius 1 is 1.67 bits per heavy atom. The van der Waals surface area contributed by atoms with Gasteiger partial charge in [0.25, 0.3) is 6.43 Å². The Bertz CT molecular complexity index is 144. The van der Waals surface area contributed by atoms with Gasteiger partial charge in [0.05, 0.1) is 5.03 Å². The van der Waals surface area contributed by atoms with Crippen molar-refractivity contribution >= 4 is 17.6 Å². The van der Waals surface area contributed by atoms with Gasteiger partial charge in [0, 0.05) is 6.08 Å². The Hall–Kier alpha value is -0.640. The van der Waals surface area contributed by atoms with Crippen molar-refractivity contribution < 1.29 is 18.7 Å². The fourth-order valence-electron chi connectivity index (χ4n) is 0.181. The lowest BCUT2D eigenvalue weighted by molar-refractivity contribution is -0.131. The van der Waals surface area contributed by atoms with E-state index >= 15 is 0 Å². The van der Waals surface area contributed by atoms with Gasteiger partial charge in [0.1, 0.15) is 0 Å². The zero-order valence-electron chi connectivity index (χ0n) is 4.14. The fourth-order valence-corrected chi connectivity index (χ4v) is 0.274. The molecule has 0 aliphatic rings. The molecule has 0 aromatic heterocycles. The Morgan fingerprint density at radius 3 is 2.22 bits per heavy atom. The first kappa shape index (κ1) is 8.36. The molecule has 0 rings (SSSR count). The average Bonchev–Trinajstić information content (AvgIpc) is 1.63. The van der Waals surface area contributed by atoms with Gasteiger partial charge in [-0.2, -0.15) is 0 Å². The van der Waals surface area contributed by atoms with Gasteiger partial charge in [-0.1, -0.05) is 11.6 Å². The highest BCUT2D eigenvalue weighted by atomic mass is 35.5. The molecule has 5 heteroatoms. The Kier molecular flexibility index (Phi) is 3.16. The summed E-state index contributed by atoms with van der Waals surface area (Å²) in [5, 5.41) is 6.88. The van der Waals surface area contributed by atoms with E-state index in [9.17, 15) is 13.6 Å². The zero-order chi connectivity index (χ0) is 7.44. The van der Waals surface area contributed by atoms with E-state index in [2.05, 4.69) is 0 Å². The van der Waals surface area contributed by atoms with Crippen molar-refractivity contribution in [2.75, 3.05) is 0 Å². The molecule has 0 aromatic rings. The van der Waals surface area contributed by atoms with E-state index < -0.39 is 17.4 Å². The summed E-state index contributed by atoms with van der Waals surface area (Å²) >= 11 is 4.74. The van der Waals surface area contributed by atoms with Gasteiger partial charge in [0.15, 0.2) is 0 Å². The second-order valence-corrected chi connectivity index (χ2v) is 1.60. The number of hydrogen-bond donors (Lipinski definition) is 1. The van der Waals surface area contributed by atoms with Crippen LogP contribution in [0.1, 0.15) is 0 Å². The van der Waals surface area contributed by atoms with E-state index in [1.807, 2.05) is 0 Å². The van der Waals surface area contributed by atoms with Crippen molar-refractivity contribution in [3.8, 4) is 0 Å². The van der Waals surface area contributed by atoms with E-state index in [4.69, 9.17) is 16.7 Å². The van der Waals surface area contributed by atoms with Crippen LogP contribution in [-0.4, -0.2) is 17.5 Å². The molecule has 0 aliphatic heterocycles. The summed E-state index contributed by atoms with van der Waals surface area (Å²) in [6.45, 7) is 0. The summed E-state index contributed by atoms with van der Waals surface area (Å²) in [6.07, 6.45) is -2.64. The number of aliphatic carboxylic acids is 1. The second kappa shape index (κ2) is 3.40. The lowest BCUT2D eigenvalue weighted by Crippen LogP contribution is -1.94. The maximum atomic E-state index is 11.3. The Balaban J connectivity index is 4.00. The van der Waals surface area contributed by atoms with Crippen LogP contribution in [0.5, 0.6) is 0 Å². The highest BCUT2D eigenvalue weighted by molar-refractivity contribution is 6.31. The predicted molar refractivity (Wildman–Crippen MR) is 27.6 cm³/mol. The smallest absolute Gasteiger partial charge is 0.329 e. The Morgan fingerprint density at radius 2 is 2.11 bits per heavy atom. The fraction of sp³-hybridized carbons (Fsp3) is 0.250. The normalized spacial score (nSPS) is 12.2.